The largest absolute Gasteiger partial charge is 0.438 e. The fourth-order valence-electron chi connectivity index (χ4n) is 4.34. The minimum Gasteiger partial charge on any atom is -0.438 e. The van der Waals surface area contributed by atoms with Crippen molar-refractivity contribution in [3.05, 3.63) is 71.9 Å². The molecule has 10 heteroatoms. The Hall–Kier alpha value is -3.97. The maximum Gasteiger partial charge on any atom is 0.281 e. The zero-order chi connectivity index (χ0) is 25.2. The second-order valence-corrected chi connectivity index (χ2v) is 10.7. The predicted molar refractivity (Wildman–Crippen MR) is 130 cm³/mol. The van der Waals surface area contributed by atoms with Crippen LogP contribution in [0.25, 0.3) is 0 Å². The van der Waals surface area contributed by atoms with Crippen LogP contribution in [0.15, 0.2) is 65.8 Å². The van der Waals surface area contributed by atoms with Crippen LogP contribution in [0.3, 0.4) is 0 Å². The molecule has 1 aliphatic rings. The van der Waals surface area contributed by atoms with E-state index in [1.807, 2.05) is 11.0 Å². The first-order valence-electron chi connectivity index (χ1n) is 11.0. The monoisotopic (exact) mass is 491 g/mol. The molecule has 1 N–H and O–H groups in total. The number of amides is 1. The molecule has 0 saturated carbocycles. The summed E-state index contributed by atoms with van der Waals surface area (Å²) in [5, 5.41) is 8.84. The molecule has 180 valence electrons. The molecule has 0 aliphatic carbocycles. The number of pyridine rings is 2. The van der Waals surface area contributed by atoms with Crippen molar-refractivity contribution in [1.29, 1.82) is 5.26 Å². The van der Waals surface area contributed by atoms with E-state index in [1.165, 1.54) is 18.2 Å². The van der Waals surface area contributed by atoms with E-state index in [9.17, 15) is 18.5 Å². The van der Waals surface area contributed by atoms with Gasteiger partial charge in [0.05, 0.1) is 11.1 Å². The molecule has 1 amide bonds. The fraction of sp³-hybridized carbons (Fsp3) is 0.280. The van der Waals surface area contributed by atoms with Gasteiger partial charge in [-0.2, -0.15) is 18.7 Å². The van der Waals surface area contributed by atoms with E-state index in [1.54, 1.807) is 42.6 Å². The van der Waals surface area contributed by atoms with Crippen LogP contribution in [-0.2, 0) is 10.0 Å². The van der Waals surface area contributed by atoms with Gasteiger partial charge in [-0.05, 0) is 56.5 Å². The van der Waals surface area contributed by atoms with Gasteiger partial charge in [0, 0.05) is 24.3 Å². The molecule has 0 spiro atoms. The quantitative estimate of drug-likeness (QED) is 0.551. The lowest BCUT2D eigenvalue weighted by Crippen LogP contribution is -2.41. The lowest BCUT2D eigenvalue weighted by atomic mass is 9.97. The van der Waals surface area contributed by atoms with Crippen molar-refractivity contribution in [3.8, 4) is 17.7 Å². The van der Waals surface area contributed by atoms with E-state index in [2.05, 4.69) is 35.5 Å². The van der Waals surface area contributed by atoms with Crippen molar-refractivity contribution in [2.24, 2.45) is 5.92 Å². The molecule has 0 bridgehead atoms. The Bertz CT molecular complexity index is 1420. The maximum atomic E-state index is 13.1. The molecule has 1 atom stereocenters. The number of carbonyl (C=O) groups is 1. The topological polar surface area (TPSA) is 125 Å². The van der Waals surface area contributed by atoms with E-state index < -0.39 is 21.0 Å². The number of nitrogens with zero attached hydrogens (tertiary/aromatic N) is 4. The van der Waals surface area contributed by atoms with Gasteiger partial charge in [0.2, 0.25) is 5.88 Å². The third-order valence-corrected chi connectivity index (χ3v) is 7.01. The Morgan fingerprint density at radius 1 is 1.17 bits per heavy atom. The van der Waals surface area contributed by atoms with Crippen LogP contribution >= 0.6 is 0 Å². The van der Waals surface area contributed by atoms with Crippen LogP contribution in [0.2, 0.25) is 0 Å². The van der Waals surface area contributed by atoms with Crippen molar-refractivity contribution in [2.75, 3.05) is 11.4 Å². The normalized spacial score (nSPS) is 17.0. The van der Waals surface area contributed by atoms with Gasteiger partial charge in [0.15, 0.2) is 5.03 Å². The van der Waals surface area contributed by atoms with Gasteiger partial charge in [-0.3, -0.25) is 4.79 Å². The molecule has 1 fully saturated rings. The average Bonchev–Trinajstić information content (AvgIpc) is 3.11. The lowest BCUT2D eigenvalue weighted by molar-refractivity contribution is 0.0981. The number of anilines is 1. The molecule has 35 heavy (non-hydrogen) atoms. The third-order valence-electron chi connectivity index (χ3n) is 5.78. The summed E-state index contributed by atoms with van der Waals surface area (Å²) < 4.78 is 33.8. The molecular formula is C25H25N5O4S. The van der Waals surface area contributed by atoms with Gasteiger partial charge in [-0.15, -0.1) is 0 Å². The van der Waals surface area contributed by atoms with Gasteiger partial charge >= 0.3 is 0 Å². The van der Waals surface area contributed by atoms with Crippen LogP contribution < -0.4 is 14.4 Å². The summed E-state index contributed by atoms with van der Waals surface area (Å²) in [6, 6.07) is 15.8. The number of nitriles is 1. The van der Waals surface area contributed by atoms with Crippen LogP contribution in [0, 0.1) is 17.2 Å². The molecule has 0 radical (unpaired) electrons. The number of para-hydroxylation sites is 1. The van der Waals surface area contributed by atoms with Crippen molar-refractivity contribution in [1.82, 2.24) is 14.7 Å². The van der Waals surface area contributed by atoms with E-state index in [4.69, 9.17) is 4.74 Å². The fourth-order valence-corrected chi connectivity index (χ4v) is 5.27. The molecule has 9 nitrogen and oxygen atoms in total. The first kappa shape index (κ1) is 24.2. The Morgan fingerprint density at radius 3 is 2.66 bits per heavy atom. The summed E-state index contributed by atoms with van der Waals surface area (Å²) >= 11 is 0. The first-order chi connectivity index (χ1) is 16.6. The van der Waals surface area contributed by atoms with E-state index in [-0.39, 0.29) is 28.3 Å². The number of hydrogen-bond donors (Lipinski definition) is 1. The number of hydrogen-bond acceptors (Lipinski definition) is 8. The highest BCUT2D eigenvalue weighted by molar-refractivity contribution is 7.90. The molecule has 1 saturated heterocycles. The molecule has 1 aromatic carbocycles. The van der Waals surface area contributed by atoms with Gasteiger partial charge in [0.1, 0.15) is 17.6 Å². The highest BCUT2D eigenvalue weighted by Crippen LogP contribution is 2.37. The smallest absolute Gasteiger partial charge is 0.281 e. The number of carbonyl (C=O) groups excluding carboxylic acids is 1. The molecule has 2 aromatic heterocycles. The standard InChI is InChI=1S/C25H25N5O4S/c1-17-14-25(2,3)30(16-17)23-19(9-7-13-27-23)24(31)29-35(32,33)22-12-6-11-21(28-22)34-20-10-5-4-8-18(20)15-26/h4-13,17H,14,16H2,1-3H3,(H,29,31). The number of nitrogens with one attached hydrogen (secondary N) is 1. The van der Waals surface area contributed by atoms with Crippen LogP contribution in [0.1, 0.15) is 43.1 Å². The van der Waals surface area contributed by atoms with Crippen molar-refractivity contribution < 1.29 is 17.9 Å². The number of sulfonamides is 1. The Labute approximate surface area is 204 Å². The number of ether oxygens (including phenoxy) is 1. The van der Waals surface area contributed by atoms with Crippen molar-refractivity contribution in [3.63, 3.8) is 0 Å². The summed E-state index contributed by atoms with van der Waals surface area (Å²) in [6.45, 7) is 6.99. The summed E-state index contributed by atoms with van der Waals surface area (Å²) in [6.07, 6.45) is 2.51. The third kappa shape index (κ3) is 5.10. The summed E-state index contributed by atoms with van der Waals surface area (Å²) in [5.74, 6) is 0.255. The summed E-state index contributed by atoms with van der Waals surface area (Å²) in [4.78, 5) is 23.6. The van der Waals surface area contributed by atoms with Crippen LogP contribution in [-0.4, -0.2) is 36.4 Å². The van der Waals surface area contributed by atoms with Gasteiger partial charge in [-0.1, -0.05) is 25.1 Å². The second kappa shape index (κ2) is 9.35. The van der Waals surface area contributed by atoms with E-state index in [0.29, 0.717) is 18.3 Å². The first-order valence-corrected chi connectivity index (χ1v) is 12.5. The zero-order valence-corrected chi connectivity index (χ0v) is 20.4. The van der Waals surface area contributed by atoms with E-state index in [0.717, 1.165) is 6.42 Å². The minimum atomic E-state index is -4.32. The molecule has 4 rings (SSSR count). The number of aromatic nitrogens is 2. The van der Waals surface area contributed by atoms with E-state index >= 15 is 0 Å². The molecule has 1 unspecified atom stereocenters. The molecule has 3 aromatic rings. The van der Waals surface area contributed by atoms with Crippen molar-refractivity contribution in [2.45, 2.75) is 37.8 Å². The van der Waals surface area contributed by atoms with Gasteiger partial charge < -0.3 is 9.64 Å². The van der Waals surface area contributed by atoms with Crippen LogP contribution in [0.4, 0.5) is 5.82 Å². The van der Waals surface area contributed by atoms with Gasteiger partial charge in [0.25, 0.3) is 15.9 Å². The lowest BCUT2D eigenvalue weighted by Gasteiger charge is -2.33. The van der Waals surface area contributed by atoms with Gasteiger partial charge in [-0.25, -0.2) is 9.71 Å². The minimum absolute atomic E-state index is 0.0297. The molecule has 1 aliphatic heterocycles. The SMILES string of the molecule is CC1CN(c2ncccc2C(=O)NS(=O)(=O)c2cccc(Oc3ccccc3C#N)n2)C(C)(C)C1. The Kier molecular flexibility index (Phi) is 6.45. The predicted octanol–water partition coefficient (Wildman–Crippen LogP) is 3.88. The Morgan fingerprint density at radius 2 is 1.94 bits per heavy atom. The number of rotatable bonds is 6. The summed E-state index contributed by atoms with van der Waals surface area (Å²) in [7, 11) is -4.32. The maximum absolute atomic E-state index is 13.1. The summed E-state index contributed by atoms with van der Waals surface area (Å²) in [5.41, 5.74) is 0.210. The number of benzene rings is 1. The Balaban J connectivity index is 1.59. The van der Waals surface area contributed by atoms with Crippen molar-refractivity contribution >= 4 is 21.7 Å². The second-order valence-electron chi connectivity index (χ2n) is 9.07. The van der Waals surface area contributed by atoms with Crippen LogP contribution in [0.5, 0.6) is 11.6 Å². The highest BCUT2D eigenvalue weighted by atomic mass is 32.2. The molecule has 3 heterocycles. The zero-order valence-electron chi connectivity index (χ0n) is 19.6. The highest BCUT2D eigenvalue weighted by Gasteiger charge is 2.39. The average molecular weight is 492 g/mol. The molecular weight excluding hydrogens is 466 g/mol.